The minimum Gasteiger partial charge on any atom is -0.486 e. The summed E-state index contributed by atoms with van der Waals surface area (Å²) in [5.74, 6) is 1.76. The van der Waals surface area contributed by atoms with Gasteiger partial charge in [-0.25, -0.2) is 0 Å². The molecule has 0 bridgehead atoms. The quantitative estimate of drug-likeness (QED) is 0.632. The van der Waals surface area contributed by atoms with E-state index >= 15 is 0 Å². The van der Waals surface area contributed by atoms with Crippen LogP contribution >= 0.6 is 0 Å². The van der Waals surface area contributed by atoms with Gasteiger partial charge in [-0.1, -0.05) is 13.0 Å². The zero-order valence-corrected chi connectivity index (χ0v) is 7.17. The molecule has 1 heterocycles. The Morgan fingerprint density at radius 1 is 1.17 bits per heavy atom. The molecular weight excluding hydrogens is 152 g/mol. The fourth-order valence-electron chi connectivity index (χ4n) is 1.31. The van der Waals surface area contributed by atoms with Gasteiger partial charge in [-0.05, 0) is 24.1 Å². The first-order chi connectivity index (χ1) is 5.90. The molecule has 0 amide bonds. The predicted octanol–water partition coefficient (Wildman–Crippen LogP) is 2.02. The van der Waals surface area contributed by atoms with E-state index < -0.39 is 0 Å². The minimum atomic E-state index is 0.665. The van der Waals surface area contributed by atoms with Crippen LogP contribution in [0.25, 0.3) is 0 Å². The van der Waals surface area contributed by atoms with Gasteiger partial charge in [0.2, 0.25) is 0 Å². The van der Waals surface area contributed by atoms with Crippen LogP contribution in [0.3, 0.4) is 0 Å². The van der Waals surface area contributed by atoms with Gasteiger partial charge >= 0.3 is 0 Å². The van der Waals surface area contributed by atoms with Crippen LogP contribution in [0.2, 0.25) is 0 Å². The van der Waals surface area contributed by atoms with E-state index in [0.717, 1.165) is 17.9 Å². The van der Waals surface area contributed by atoms with E-state index in [-0.39, 0.29) is 0 Å². The highest BCUT2D eigenvalue weighted by Crippen LogP contribution is 2.30. The second kappa shape index (κ2) is 3.05. The number of rotatable bonds is 1. The molecule has 12 heavy (non-hydrogen) atoms. The summed E-state index contributed by atoms with van der Waals surface area (Å²) in [6, 6.07) is 6.11. The molecule has 0 atom stereocenters. The molecule has 0 saturated carbocycles. The van der Waals surface area contributed by atoms with Gasteiger partial charge in [-0.3, -0.25) is 0 Å². The van der Waals surface area contributed by atoms with Crippen molar-refractivity contribution in [2.24, 2.45) is 0 Å². The molecule has 2 heteroatoms. The molecule has 0 spiro atoms. The van der Waals surface area contributed by atoms with Crippen molar-refractivity contribution in [3.05, 3.63) is 23.8 Å². The third-order valence-electron chi connectivity index (χ3n) is 2.01. The smallest absolute Gasteiger partial charge is 0.161 e. The van der Waals surface area contributed by atoms with Crippen molar-refractivity contribution >= 4 is 0 Å². The number of aryl methyl sites for hydroxylation is 1. The van der Waals surface area contributed by atoms with Crippen molar-refractivity contribution in [3.63, 3.8) is 0 Å². The molecule has 1 aliphatic heterocycles. The average Bonchev–Trinajstić information content (AvgIpc) is 2.17. The maximum absolute atomic E-state index is 5.44. The van der Waals surface area contributed by atoms with Crippen LogP contribution in [-0.4, -0.2) is 13.2 Å². The summed E-state index contributed by atoms with van der Waals surface area (Å²) in [5.41, 5.74) is 1.29. The van der Waals surface area contributed by atoms with Gasteiger partial charge in [-0.2, -0.15) is 0 Å². The summed E-state index contributed by atoms with van der Waals surface area (Å²) in [6.07, 6.45) is 1.04. The second-order valence-corrected chi connectivity index (χ2v) is 2.83. The molecular formula is C10H12O2. The lowest BCUT2D eigenvalue weighted by atomic mass is 10.1. The standard InChI is InChI=1S/C10H12O2/c1-2-8-3-4-9-10(7-8)12-6-5-11-9/h3-4,7H,2,5-6H2,1H3. The Bertz CT molecular complexity index is 281. The molecule has 1 aromatic rings. The largest absolute Gasteiger partial charge is 0.486 e. The highest BCUT2D eigenvalue weighted by atomic mass is 16.6. The molecule has 0 saturated heterocycles. The van der Waals surface area contributed by atoms with Crippen molar-refractivity contribution in [1.29, 1.82) is 0 Å². The number of hydrogen-bond donors (Lipinski definition) is 0. The van der Waals surface area contributed by atoms with Crippen molar-refractivity contribution in [1.82, 2.24) is 0 Å². The monoisotopic (exact) mass is 164 g/mol. The maximum Gasteiger partial charge on any atom is 0.161 e. The summed E-state index contributed by atoms with van der Waals surface area (Å²) < 4.78 is 10.8. The topological polar surface area (TPSA) is 18.5 Å². The van der Waals surface area contributed by atoms with E-state index in [1.54, 1.807) is 0 Å². The van der Waals surface area contributed by atoms with E-state index in [1.165, 1.54) is 5.56 Å². The Labute approximate surface area is 72.1 Å². The molecule has 0 aromatic heterocycles. The van der Waals surface area contributed by atoms with E-state index in [4.69, 9.17) is 9.47 Å². The van der Waals surface area contributed by atoms with E-state index in [0.29, 0.717) is 13.2 Å². The lowest BCUT2D eigenvalue weighted by Crippen LogP contribution is -2.15. The molecule has 64 valence electrons. The SMILES string of the molecule is CCc1ccc2c(c1)OCCO2. The van der Waals surface area contributed by atoms with Gasteiger partial charge in [-0.15, -0.1) is 0 Å². The molecule has 0 unspecified atom stereocenters. The molecule has 2 rings (SSSR count). The zero-order valence-electron chi connectivity index (χ0n) is 7.17. The predicted molar refractivity (Wildman–Crippen MR) is 46.8 cm³/mol. The van der Waals surface area contributed by atoms with Gasteiger partial charge in [0.25, 0.3) is 0 Å². The second-order valence-electron chi connectivity index (χ2n) is 2.83. The van der Waals surface area contributed by atoms with Crippen molar-refractivity contribution < 1.29 is 9.47 Å². The van der Waals surface area contributed by atoms with Gasteiger partial charge in [0.1, 0.15) is 13.2 Å². The normalized spacial score (nSPS) is 14.4. The third kappa shape index (κ3) is 1.24. The van der Waals surface area contributed by atoms with Crippen LogP contribution in [0, 0.1) is 0 Å². The number of benzene rings is 1. The average molecular weight is 164 g/mol. The number of fused-ring (bicyclic) bond motifs is 1. The van der Waals surface area contributed by atoms with Crippen molar-refractivity contribution in [2.75, 3.05) is 13.2 Å². The first kappa shape index (κ1) is 7.47. The fraction of sp³-hybridized carbons (Fsp3) is 0.400. The minimum absolute atomic E-state index is 0.665. The lowest BCUT2D eigenvalue weighted by molar-refractivity contribution is 0.171. The summed E-state index contributed by atoms with van der Waals surface area (Å²) in [4.78, 5) is 0. The number of hydrogen-bond acceptors (Lipinski definition) is 2. The lowest BCUT2D eigenvalue weighted by Gasteiger charge is -2.18. The van der Waals surface area contributed by atoms with E-state index in [9.17, 15) is 0 Å². The van der Waals surface area contributed by atoms with Crippen LogP contribution in [0.1, 0.15) is 12.5 Å². The Morgan fingerprint density at radius 2 is 1.92 bits per heavy atom. The summed E-state index contributed by atoms with van der Waals surface area (Å²) in [5, 5.41) is 0. The zero-order chi connectivity index (χ0) is 8.39. The third-order valence-corrected chi connectivity index (χ3v) is 2.01. The van der Waals surface area contributed by atoms with Gasteiger partial charge < -0.3 is 9.47 Å². The molecule has 1 aliphatic rings. The molecule has 0 fully saturated rings. The highest BCUT2D eigenvalue weighted by molar-refractivity contribution is 5.43. The fourth-order valence-corrected chi connectivity index (χ4v) is 1.31. The highest BCUT2D eigenvalue weighted by Gasteiger charge is 2.10. The molecule has 2 nitrogen and oxygen atoms in total. The van der Waals surface area contributed by atoms with Crippen LogP contribution in [0.15, 0.2) is 18.2 Å². The first-order valence-corrected chi connectivity index (χ1v) is 4.28. The van der Waals surface area contributed by atoms with Gasteiger partial charge in [0.05, 0.1) is 0 Å². The van der Waals surface area contributed by atoms with Crippen LogP contribution in [0.5, 0.6) is 11.5 Å². The number of ether oxygens (including phenoxy) is 2. The molecule has 0 aliphatic carbocycles. The summed E-state index contributed by atoms with van der Waals surface area (Å²) in [7, 11) is 0. The maximum atomic E-state index is 5.44. The molecule has 0 N–H and O–H groups in total. The van der Waals surface area contributed by atoms with Gasteiger partial charge in [0, 0.05) is 0 Å². The van der Waals surface area contributed by atoms with Crippen LogP contribution < -0.4 is 9.47 Å². The molecule has 1 aromatic carbocycles. The molecule has 0 radical (unpaired) electrons. The van der Waals surface area contributed by atoms with E-state index in [2.05, 4.69) is 19.1 Å². The summed E-state index contributed by atoms with van der Waals surface area (Å²) in [6.45, 7) is 3.46. The Kier molecular flexibility index (Phi) is 1.90. The first-order valence-electron chi connectivity index (χ1n) is 4.28. The Morgan fingerprint density at radius 3 is 2.67 bits per heavy atom. The van der Waals surface area contributed by atoms with Crippen LogP contribution in [-0.2, 0) is 6.42 Å². The Hall–Kier alpha value is -1.18. The van der Waals surface area contributed by atoms with Crippen molar-refractivity contribution in [2.45, 2.75) is 13.3 Å². The Balaban J connectivity index is 2.36. The van der Waals surface area contributed by atoms with E-state index in [1.807, 2.05) is 6.07 Å². The van der Waals surface area contributed by atoms with Gasteiger partial charge in [0.15, 0.2) is 11.5 Å². The van der Waals surface area contributed by atoms with Crippen LogP contribution in [0.4, 0.5) is 0 Å². The van der Waals surface area contributed by atoms with Crippen molar-refractivity contribution in [3.8, 4) is 11.5 Å². The summed E-state index contributed by atoms with van der Waals surface area (Å²) >= 11 is 0.